The zero-order valence-electron chi connectivity index (χ0n) is 5.12. The van der Waals surface area contributed by atoms with Crippen molar-refractivity contribution in [2.75, 3.05) is 0 Å². The average molecular weight is 329 g/mol. The van der Waals surface area contributed by atoms with Crippen LogP contribution in [0.2, 0.25) is 0 Å². The van der Waals surface area contributed by atoms with Gasteiger partial charge in [0.05, 0.1) is 3.57 Å². The van der Waals surface area contributed by atoms with Gasteiger partial charge in [0.15, 0.2) is 6.20 Å². The van der Waals surface area contributed by atoms with E-state index in [0.717, 1.165) is 3.57 Å². The van der Waals surface area contributed by atoms with Crippen molar-refractivity contribution >= 4 is 44.3 Å². The van der Waals surface area contributed by atoms with E-state index in [9.17, 15) is 10.1 Å². The SMILES string of the molecule is O=[N+]([O-])c1ncc(I)cc1Br. The van der Waals surface area contributed by atoms with Crippen LogP contribution in [0.3, 0.4) is 0 Å². The average Bonchev–Trinajstić information content (AvgIpc) is 1.85. The molecule has 0 saturated carbocycles. The number of hydrogen-bond donors (Lipinski definition) is 0. The molecule has 58 valence electrons. The molecule has 0 radical (unpaired) electrons. The number of hydrogen-bond acceptors (Lipinski definition) is 3. The Morgan fingerprint density at radius 2 is 2.36 bits per heavy atom. The van der Waals surface area contributed by atoms with E-state index in [-0.39, 0.29) is 5.82 Å². The van der Waals surface area contributed by atoms with E-state index < -0.39 is 4.92 Å². The van der Waals surface area contributed by atoms with E-state index in [0.29, 0.717) is 4.47 Å². The second-order valence-electron chi connectivity index (χ2n) is 1.72. The number of aromatic nitrogens is 1. The molecule has 0 saturated heterocycles. The monoisotopic (exact) mass is 328 g/mol. The molecule has 0 atom stereocenters. The summed E-state index contributed by atoms with van der Waals surface area (Å²) in [4.78, 5) is 13.3. The van der Waals surface area contributed by atoms with Gasteiger partial charge in [0.1, 0.15) is 4.47 Å². The highest BCUT2D eigenvalue weighted by Gasteiger charge is 2.12. The van der Waals surface area contributed by atoms with Crippen LogP contribution >= 0.6 is 38.5 Å². The molecule has 4 nitrogen and oxygen atoms in total. The van der Waals surface area contributed by atoms with E-state index in [1.165, 1.54) is 6.20 Å². The molecule has 1 aromatic rings. The molecule has 0 spiro atoms. The summed E-state index contributed by atoms with van der Waals surface area (Å²) in [5, 5.41) is 10.2. The van der Waals surface area contributed by atoms with Gasteiger partial charge in [-0.15, -0.1) is 0 Å². The van der Waals surface area contributed by atoms with Gasteiger partial charge in [-0.3, -0.25) is 0 Å². The molecule has 0 fully saturated rings. The quantitative estimate of drug-likeness (QED) is 0.452. The fourth-order valence-electron chi connectivity index (χ4n) is 0.542. The second-order valence-corrected chi connectivity index (χ2v) is 3.82. The van der Waals surface area contributed by atoms with Crippen LogP contribution in [0.25, 0.3) is 0 Å². The molecular weight excluding hydrogens is 327 g/mol. The number of rotatable bonds is 1. The Balaban J connectivity index is 3.20. The van der Waals surface area contributed by atoms with Crippen LogP contribution in [-0.2, 0) is 0 Å². The van der Waals surface area contributed by atoms with Gasteiger partial charge in [0.25, 0.3) is 0 Å². The van der Waals surface area contributed by atoms with Crippen LogP contribution in [0.1, 0.15) is 0 Å². The minimum absolute atomic E-state index is 0.148. The van der Waals surface area contributed by atoms with E-state index in [1.54, 1.807) is 6.07 Å². The summed E-state index contributed by atoms with van der Waals surface area (Å²) in [5.41, 5.74) is 0. The van der Waals surface area contributed by atoms with Gasteiger partial charge >= 0.3 is 5.82 Å². The summed E-state index contributed by atoms with van der Waals surface area (Å²) in [6.07, 6.45) is 1.45. The Hall–Kier alpha value is -0.240. The molecule has 1 aromatic heterocycles. The standard InChI is InChI=1S/C5H2BrIN2O2/c6-4-1-3(7)2-8-5(4)9(10)11/h1-2H. The molecule has 0 amide bonds. The fraction of sp³-hybridized carbons (Fsp3) is 0. The Morgan fingerprint density at radius 1 is 1.73 bits per heavy atom. The second kappa shape index (κ2) is 3.44. The first-order valence-corrected chi connectivity index (χ1v) is 4.44. The number of pyridine rings is 1. The minimum Gasteiger partial charge on any atom is -0.358 e. The Bertz CT molecular complexity index is 305. The molecule has 0 unspecified atom stereocenters. The lowest BCUT2D eigenvalue weighted by Crippen LogP contribution is -1.93. The third-order valence-electron chi connectivity index (χ3n) is 0.961. The van der Waals surface area contributed by atoms with Gasteiger partial charge < -0.3 is 10.1 Å². The van der Waals surface area contributed by atoms with Crippen LogP contribution in [-0.4, -0.2) is 9.91 Å². The Kier molecular flexibility index (Phi) is 2.77. The molecule has 1 rings (SSSR count). The van der Waals surface area contributed by atoms with Crippen molar-refractivity contribution in [2.24, 2.45) is 0 Å². The topological polar surface area (TPSA) is 56.0 Å². The van der Waals surface area contributed by atoms with Crippen molar-refractivity contribution in [1.29, 1.82) is 0 Å². The molecule has 0 aromatic carbocycles. The normalized spacial score (nSPS) is 9.64. The van der Waals surface area contributed by atoms with Crippen LogP contribution in [0.15, 0.2) is 16.7 Å². The number of halogens is 2. The molecule has 0 N–H and O–H groups in total. The molecule has 11 heavy (non-hydrogen) atoms. The maximum atomic E-state index is 10.2. The van der Waals surface area contributed by atoms with Crippen LogP contribution < -0.4 is 0 Å². The minimum atomic E-state index is -0.528. The van der Waals surface area contributed by atoms with E-state index in [4.69, 9.17) is 0 Å². The van der Waals surface area contributed by atoms with Gasteiger partial charge in [-0.1, -0.05) is 0 Å². The van der Waals surface area contributed by atoms with Gasteiger partial charge in [-0.05, 0) is 54.5 Å². The van der Waals surface area contributed by atoms with Gasteiger partial charge in [0.2, 0.25) is 0 Å². The zero-order chi connectivity index (χ0) is 8.43. The largest absolute Gasteiger partial charge is 0.377 e. The lowest BCUT2D eigenvalue weighted by Gasteiger charge is -1.93. The van der Waals surface area contributed by atoms with Crippen molar-refractivity contribution in [3.8, 4) is 0 Å². The molecule has 0 aliphatic heterocycles. The predicted molar refractivity (Wildman–Crippen MR) is 51.3 cm³/mol. The summed E-state index contributed by atoms with van der Waals surface area (Å²) >= 11 is 5.07. The summed E-state index contributed by atoms with van der Waals surface area (Å²) < 4.78 is 1.27. The van der Waals surface area contributed by atoms with Crippen molar-refractivity contribution < 1.29 is 4.92 Å². The molecular formula is C5H2BrIN2O2. The van der Waals surface area contributed by atoms with Gasteiger partial charge in [-0.2, -0.15) is 0 Å². The lowest BCUT2D eigenvalue weighted by molar-refractivity contribution is -0.390. The molecule has 1 heterocycles. The van der Waals surface area contributed by atoms with Crippen molar-refractivity contribution in [3.63, 3.8) is 0 Å². The zero-order valence-corrected chi connectivity index (χ0v) is 8.87. The molecule has 0 bridgehead atoms. The molecule has 0 aliphatic rings. The van der Waals surface area contributed by atoms with Crippen molar-refractivity contribution in [3.05, 3.63) is 30.4 Å². The Morgan fingerprint density at radius 3 is 2.82 bits per heavy atom. The van der Waals surface area contributed by atoms with Crippen molar-refractivity contribution in [1.82, 2.24) is 4.98 Å². The summed E-state index contributed by atoms with van der Waals surface area (Å²) in [6.45, 7) is 0. The number of nitro groups is 1. The highest BCUT2D eigenvalue weighted by atomic mass is 127. The molecule has 6 heteroatoms. The Labute approximate surface area is 84.4 Å². The lowest BCUT2D eigenvalue weighted by atomic mass is 10.5. The van der Waals surface area contributed by atoms with Gasteiger partial charge in [0, 0.05) is 0 Å². The third-order valence-corrected chi connectivity index (χ3v) is 2.13. The summed E-state index contributed by atoms with van der Waals surface area (Å²) in [5.74, 6) is -0.148. The first kappa shape index (κ1) is 8.85. The summed E-state index contributed by atoms with van der Waals surface area (Å²) in [6, 6.07) is 1.64. The smallest absolute Gasteiger partial charge is 0.358 e. The first-order valence-electron chi connectivity index (χ1n) is 2.56. The predicted octanol–water partition coefficient (Wildman–Crippen LogP) is 2.36. The van der Waals surface area contributed by atoms with Crippen LogP contribution in [0.5, 0.6) is 0 Å². The van der Waals surface area contributed by atoms with Gasteiger partial charge in [-0.25, -0.2) is 0 Å². The first-order chi connectivity index (χ1) is 5.11. The molecule has 0 aliphatic carbocycles. The van der Waals surface area contributed by atoms with E-state index in [2.05, 4.69) is 20.9 Å². The van der Waals surface area contributed by atoms with E-state index in [1.807, 2.05) is 22.6 Å². The highest BCUT2D eigenvalue weighted by molar-refractivity contribution is 14.1. The maximum Gasteiger partial charge on any atom is 0.377 e. The van der Waals surface area contributed by atoms with Crippen LogP contribution in [0, 0.1) is 13.7 Å². The van der Waals surface area contributed by atoms with Crippen molar-refractivity contribution in [2.45, 2.75) is 0 Å². The van der Waals surface area contributed by atoms with Crippen LogP contribution in [0.4, 0.5) is 5.82 Å². The summed E-state index contributed by atoms with van der Waals surface area (Å²) in [7, 11) is 0. The fourth-order valence-corrected chi connectivity index (χ4v) is 1.91. The van der Waals surface area contributed by atoms with E-state index >= 15 is 0 Å². The maximum absolute atomic E-state index is 10.2. The third kappa shape index (κ3) is 2.09. The highest BCUT2D eigenvalue weighted by Crippen LogP contribution is 2.22. The number of nitrogens with zero attached hydrogens (tertiary/aromatic N) is 2.